The highest BCUT2D eigenvalue weighted by atomic mass is 16.5. The van der Waals surface area contributed by atoms with E-state index in [0.29, 0.717) is 26.1 Å². The fraction of sp³-hybridized carbons (Fsp3) is 0.833. The number of aliphatic carboxylic acids is 1. The Hall–Kier alpha value is -1.30. The third-order valence-electron chi connectivity index (χ3n) is 3.17. The van der Waals surface area contributed by atoms with E-state index in [2.05, 4.69) is 5.32 Å². The fourth-order valence-corrected chi connectivity index (χ4v) is 1.94. The number of rotatable bonds is 6. The number of likely N-dealkylation sites (N-methyl/N-ethyl adjacent to an activating group) is 1. The number of hydrogen-bond acceptors (Lipinski definition) is 3. The predicted octanol–water partition coefficient (Wildman–Crippen LogP) is 1.06. The molecule has 1 fully saturated rings. The quantitative estimate of drug-likeness (QED) is 0.746. The van der Waals surface area contributed by atoms with Crippen molar-refractivity contribution in [2.24, 2.45) is 0 Å². The summed E-state index contributed by atoms with van der Waals surface area (Å²) in [7, 11) is 1.76. The first-order valence-corrected chi connectivity index (χ1v) is 6.33. The number of nitrogens with zero attached hydrogens (tertiary/aromatic N) is 1. The van der Waals surface area contributed by atoms with E-state index in [-0.39, 0.29) is 24.5 Å². The van der Waals surface area contributed by atoms with Crippen molar-refractivity contribution >= 4 is 12.0 Å². The Morgan fingerprint density at radius 3 is 2.83 bits per heavy atom. The predicted molar refractivity (Wildman–Crippen MR) is 66.5 cm³/mol. The number of amides is 2. The summed E-state index contributed by atoms with van der Waals surface area (Å²) >= 11 is 0. The second-order valence-electron chi connectivity index (χ2n) is 4.76. The van der Waals surface area contributed by atoms with Gasteiger partial charge in [-0.3, -0.25) is 4.79 Å². The van der Waals surface area contributed by atoms with Crippen molar-refractivity contribution in [3.8, 4) is 0 Å². The SMILES string of the molecule is CC(CCCC(=O)O)NC(=O)N(C)C1CCOC1. The normalized spacial score (nSPS) is 20.4. The van der Waals surface area contributed by atoms with Crippen LogP contribution in [0, 0.1) is 0 Å². The number of urea groups is 1. The summed E-state index contributed by atoms with van der Waals surface area (Å²) in [5, 5.41) is 11.4. The molecule has 6 nitrogen and oxygen atoms in total. The van der Waals surface area contributed by atoms with Crippen molar-refractivity contribution in [1.29, 1.82) is 0 Å². The number of carbonyl (C=O) groups is 2. The third kappa shape index (κ3) is 4.91. The van der Waals surface area contributed by atoms with Crippen molar-refractivity contribution in [3.05, 3.63) is 0 Å². The van der Waals surface area contributed by atoms with Crippen molar-refractivity contribution in [1.82, 2.24) is 10.2 Å². The molecule has 0 radical (unpaired) electrons. The summed E-state index contributed by atoms with van der Waals surface area (Å²) < 4.78 is 5.24. The molecule has 0 aromatic heterocycles. The summed E-state index contributed by atoms with van der Waals surface area (Å²) in [5.74, 6) is -0.797. The summed E-state index contributed by atoms with van der Waals surface area (Å²) in [4.78, 5) is 23.9. The van der Waals surface area contributed by atoms with Crippen molar-refractivity contribution < 1.29 is 19.4 Å². The number of carbonyl (C=O) groups excluding carboxylic acids is 1. The van der Waals surface area contributed by atoms with Gasteiger partial charge in [0, 0.05) is 26.1 Å². The molecule has 1 aliphatic rings. The highest BCUT2D eigenvalue weighted by Gasteiger charge is 2.24. The van der Waals surface area contributed by atoms with Crippen LogP contribution in [-0.4, -0.2) is 54.4 Å². The highest BCUT2D eigenvalue weighted by Crippen LogP contribution is 2.11. The topological polar surface area (TPSA) is 78.9 Å². The van der Waals surface area contributed by atoms with Crippen LogP contribution in [-0.2, 0) is 9.53 Å². The van der Waals surface area contributed by atoms with Crippen LogP contribution in [0.2, 0.25) is 0 Å². The Morgan fingerprint density at radius 2 is 2.28 bits per heavy atom. The van der Waals surface area contributed by atoms with E-state index in [1.165, 1.54) is 0 Å². The maximum Gasteiger partial charge on any atom is 0.317 e. The van der Waals surface area contributed by atoms with E-state index >= 15 is 0 Å². The number of carboxylic acid groups (broad SMARTS) is 1. The van der Waals surface area contributed by atoms with Gasteiger partial charge in [0.25, 0.3) is 0 Å². The molecule has 1 rings (SSSR count). The Balaban J connectivity index is 2.23. The monoisotopic (exact) mass is 258 g/mol. The molecule has 0 aromatic rings. The van der Waals surface area contributed by atoms with Crippen LogP contribution in [0.25, 0.3) is 0 Å². The molecule has 18 heavy (non-hydrogen) atoms. The number of carboxylic acids is 1. The molecular formula is C12H22N2O4. The molecule has 0 aliphatic carbocycles. The lowest BCUT2D eigenvalue weighted by Crippen LogP contribution is -2.46. The zero-order valence-electron chi connectivity index (χ0n) is 11.0. The molecule has 2 N–H and O–H groups in total. The maximum atomic E-state index is 11.9. The van der Waals surface area contributed by atoms with Gasteiger partial charge in [-0.2, -0.15) is 0 Å². The van der Waals surface area contributed by atoms with Gasteiger partial charge in [0.2, 0.25) is 0 Å². The smallest absolute Gasteiger partial charge is 0.317 e. The molecule has 0 spiro atoms. The number of ether oxygens (including phenoxy) is 1. The first-order valence-electron chi connectivity index (χ1n) is 6.33. The van der Waals surface area contributed by atoms with Crippen molar-refractivity contribution in [3.63, 3.8) is 0 Å². The van der Waals surface area contributed by atoms with E-state index in [4.69, 9.17) is 9.84 Å². The van der Waals surface area contributed by atoms with Crippen LogP contribution < -0.4 is 5.32 Å². The molecule has 1 aliphatic heterocycles. The fourth-order valence-electron chi connectivity index (χ4n) is 1.94. The second-order valence-corrected chi connectivity index (χ2v) is 4.76. The summed E-state index contributed by atoms with van der Waals surface area (Å²) in [6, 6.07) is 0.0196. The van der Waals surface area contributed by atoms with Gasteiger partial charge in [-0.1, -0.05) is 0 Å². The lowest BCUT2D eigenvalue weighted by atomic mass is 10.1. The minimum absolute atomic E-state index is 0.0124. The zero-order valence-corrected chi connectivity index (χ0v) is 11.0. The van der Waals surface area contributed by atoms with E-state index < -0.39 is 5.97 Å². The number of nitrogens with one attached hydrogen (secondary N) is 1. The molecule has 2 amide bonds. The Kier molecular flexibility index (Phi) is 5.91. The molecule has 0 bridgehead atoms. The number of hydrogen-bond donors (Lipinski definition) is 2. The lowest BCUT2D eigenvalue weighted by Gasteiger charge is -2.25. The van der Waals surface area contributed by atoms with Crippen LogP contribution in [0.4, 0.5) is 4.79 Å². The minimum atomic E-state index is -0.797. The molecule has 2 atom stereocenters. The van der Waals surface area contributed by atoms with Gasteiger partial charge in [0.05, 0.1) is 12.6 Å². The van der Waals surface area contributed by atoms with Crippen molar-refractivity contribution in [2.75, 3.05) is 20.3 Å². The van der Waals surface area contributed by atoms with Gasteiger partial charge < -0.3 is 20.1 Å². The zero-order chi connectivity index (χ0) is 13.5. The van der Waals surface area contributed by atoms with Crippen LogP contribution in [0.1, 0.15) is 32.6 Å². The van der Waals surface area contributed by atoms with Gasteiger partial charge in [0.1, 0.15) is 0 Å². The Bertz CT molecular complexity index is 290. The molecule has 6 heteroatoms. The molecule has 0 aromatic carbocycles. The maximum absolute atomic E-state index is 11.9. The molecule has 1 saturated heterocycles. The van der Waals surface area contributed by atoms with E-state index in [0.717, 1.165) is 6.42 Å². The van der Waals surface area contributed by atoms with E-state index in [9.17, 15) is 9.59 Å². The van der Waals surface area contributed by atoms with Crippen molar-refractivity contribution in [2.45, 2.75) is 44.7 Å². The first-order chi connectivity index (χ1) is 8.50. The third-order valence-corrected chi connectivity index (χ3v) is 3.17. The summed E-state index contributed by atoms with van der Waals surface area (Å²) in [5.41, 5.74) is 0. The summed E-state index contributed by atoms with van der Waals surface area (Å²) in [6.45, 7) is 3.19. The van der Waals surface area contributed by atoms with E-state index in [1.807, 2.05) is 6.92 Å². The first kappa shape index (κ1) is 14.8. The van der Waals surface area contributed by atoms with Crippen LogP contribution in [0.5, 0.6) is 0 Å². The average molecular weight is 258 g/mol. The van der Waals surface area contributed by atoms with Gasteiger partial charge in [-0.25, -0.2) is 4.79 Å². The van der Waals surface area contributed by atoms with Crippen LogP contribution in [0.3, 0.4) is 0 Å². The minimum Gasteiger partial charge on any atom is -0.481 e. The summed E-state index contributed by atoms with van der Waals surface area (Å²) in [6.07, 6.45) is 2.27. The Labute approximate surface area is 107 Å². The second kappa shape index (κ2) is 7.20. The average Bonchev–Trinajstić information content (AvgIpc) is 2.80. The lowest BCUT2D eigenvalue weighted by molar-refractivity contribution is -0.137. The molecule has 0 saturated carbocycles. The standard InChI is InChI=1S/C12H22N2O4/c1-9(4-3-5-11(15)16)13-12(17)14(2)10-6-7-18-8-10/h9-10H,3-8H2,1-2H3,(H,13,17)(H,15,16). The van der Waals surface area contributed by atoms with Gasteiger partial charge >= 0.3 is 12.0 Å². The molecule has 104 valence electrons. The van der Waals surface area contributed by atoms with Gasteiger partial charge in [-0.05, 0) is 26.2 Å². The van der Waals surface area contributed by atoms with Crippen LogP contribution >= 0.6 is 0 Å². The molecular weight excluding hydrogens is 236 g/mol. The van der Waals surface area contributed by atoms with E-state index in [1.54, 1.807) is 11.9 Å². The Morgan fingerprint density at radius 1 is 1.56 bits per heavy atom. The highest BCUT2D eigenvalue weighted by molar-refractivity contribution is 5.74. The molecule has 2 unspecified atom stereocenters. The van der Waals surface area contributed by atoms with Crippen LogP contribution in [0.15, 0.2) is 0 Å². The van der Waals surface area contributed by atoms with Gasteiger partial charge in [0.15, 0.2) is 0 Å². The van der Waals surface area contributed by atoms with Gasteiger partial charge in [-0.15, -0.1) is 0 Å². The molecule has 1 heterocycles. The largest absolute Gasteiger partial charge is 0.481 e.